The molecule has 0 bridgehead atoms. The van der Waals surface area contributed by atoms with E-state index in [0.717, 1.165) is 29.4 Å². The van der Waals surface area contributed by atoms with Crippen molar-refractivity contribution in [2.45, 2.75) is 18.9 Å². The molecular formula is C14H13ClN2O2S. The molecular weight excluding hydrogens is 296 g/mol. The van der Waals surface area contributed by atoms with Gasteiger partial charge in [0.25, 0.3) is 0 Å². The van der Waals surface area contributed by atoms with E-state index in [1.54, 1.807) is 0 Å². The molecule has 0 spiro atoms. The van der Waals surface area contributed by atoms with Gasteiger partial charge >= 0.3 is 5.97 Å². The van der Waals surface area contributed by atoms with E-state index in [4.69, 9.17) is 11.6 Å². The summed E-state index contributed by atoms with van der Waals surface area (Å²) >= 11 is 7.36. The molecule has 3 rings (SSSR count). The van der Waals surface area contributed by atoms with Crippen molar-refractivity contribution in [1.82, 2.24) is 4.98 Å². The van der Waals surface area contributed by atoms with Crippen molar-refractivity contribution in [2.75, 3.05) is 11.4 Å². The molecule has 20 heavy (non-hydrogen) atoms. The minimum Gasteiger partial charge on any atom is -0.480 e. The molecule has 1 atom stereocenters. The number of carboxylic acids is 1. The van der Waals surface area contributed by atoms with Gasteiger partial charge in [-0.05, 0) is 25.0 Å². The Morgan fingerprint density at radius 1 is 1.40 bits per heavy atom. The first-order chi connectivity index (χ1) is 9.65. The quantitative estimate of drug-likeness (QED) is 0.942. The first kappa shape index (κ1) is 13.4. The van der Waals surface area contributed by atoms with Crippen LogP contribution in [-0.2, 0) is 4.79 Å². The van der Waals surface area contributed by atoms with E-state index in [-0.39, 0.29) is 0 Å². The molecule has 2 aromatic rings. The monoisotopic (exact) mass is 308 g/mol. The lowest BCUT2D eigenvalue weighted by Crippen LogP contribution is -2.35. The van der Waals surface area contributed by atoms with Crippen LogP contribution in [0.2, 0.25) is 5.02 Å². The summed E-state index contributed by atoms with van der Waals surface area (Å²) in [6, 6.07) is 7.04. The lowest BCUT2D eigenvalue weighted by atomic mass is 10.2. The Bertz CT molecular complexity index is 626. The highest BCUT2D eigenvalue weighted by Gasteiger charge is 2.32. The Hall–Kier alpha value is -1.59. The Labute approximate surface area is 125 Å². The summed E-state index contributed by atoms with van der Waals surface area (Å²) in [5.41, 5.74) is 1.85. The fourth-order valence-electron chi connectivity index (χ4n) is 2.40. The van der Waals surface area contributed by atoms with Gasteiger partial charge in [-0.15, -0.1) is 11.3 Å². The zero-order valence-corrected chi connectivity index (χ0v) is 12.2. The zero-order valence-electron chi connectivity index (χ0n) is 10.6. The van der Waals surface area contributed by atoms with Gasteiger partial charge in [-0.1, -0.05) is 23.7 Å². The number of carboxylic acid groups (broad SMARTS) is 1. The molecule has 1 aromatic carbocycles. The molecule has 1 N–H and O–H groups in total. The second kappa shape index (κ2) is 5.42. The Balaban J connectivity index is 1.86. The summed E-state index contributed by atoms with van der Waals surface area (Å²) in [5, 5.41) is 12.6. The van der Waals surface area contributed by atoms with Gasteiger partial charge in [0.05, 0.1) is 5.69 Å². The van der Waals surface area contributed by atoms with Crippen molar-refractivity contribution in [1.29, 1.82) is 0 Å². The molecule has 0 amide bonds. The van der Waals surface area contributed by atoms with Crippen LogP contribution in [0.15, 0.2) is 29.6 Å². The first-order valence-corrected chi connectivity index (χ1v) is 7.62. The summed E-state index contributed by atoms with van der Waals surface area (Å²) in [4.78, 5) is 17.7. The van der Waals surface area contributed by atoms with Gasteiger partial charge in [0.1, 0.15) is 6.04 Å². The average molecular weight is 309 g/mol. The molecule has 1 fully saturated rings. The largest absolute Gasteiger partial charge is 0.480 e. The Morgan fingerprint density at radius 2 is 2.15 bits per heavy atom. The number of aromatic nitrogens is 1. The fraction of sp³-hybridized carbons (Fsp3) is 0.286. The van der Waals surface area contributed by atoms with E-state index in [9.17, 15) is 9.90 Å². The number of aliphatic carboxylic acids is 1. The minimum atomic E-state index is -0.772. The van der Waals surface area contributed by atoms with Crippen molar-refractivity contribution in [2.24, 2.45) is 0 Å². The number of thiazole rings is 1. The van der Waals surface area contributed by atoms with Crippen molar-refractivity contribution in [3.8, 4) is 11.3 Å². The van der Waals surface area contributed by atoms with Crippen LogP contribution in [0.5, 0.6) is 0 Å². The van der Waals surface area contributed by atoms with E-state index >= 15 is 0 Å². The van der Waals surface area contributed by atoms with E-state index in [1.165, 1.54) is 11.3 Å². The van der Waals surface area contributed by atoms with Crippen molar-refractivity contribution >= 4 is 34.0 Å². The van der Waals surface area contributed by atoms with Gasteiger partial charge in [-0.25, -0.2) is 9.78 Å². The van der Waals surface area contributed by atoms with E-state index in [0.29, 0.717) is 11.4 Å². The molecule has 0 saturated carbocycles. The number of hydrogen-bond acceptors (Lipinski definition) is 4. The third kappa shape index (κ3) is 2.51. The van der Waals surface area contributed by atoms with Crippen molar-refractivity contribution in [3.63, 3.8) is 0 Å². The minimum absolute atomic E-state index is 0.445. The lowest BCUT2D eigenvalue weighted by molar-refractivity contribution is -0.138. The average Bonchev–Trinajstić information content (AvgIpc) is 3.08. The van der Waals surface area contributed by atoms with Crippen molar-refractivity contribution in [3.05, 3.63) is 34.7 Å². The topological polar surface area (TPSA) is 53.4 Å². The maximum Gasteiger partial charge on any atom is 0.326 e. The van der Waals surface area contributed by atoms with Gasteiger partial charge in [-0.3, -0.25) is 0 Å². The third-order valence-electron chi connectivity index (χ3n) is 3.42. The number of benzene rings is 1. The number of rotatable bonds is 3. The summed E-state index contributed by atoms with van der Waals surface area (Å²) in [6.45, 7) is 0.755. The van der Waals surface area contributed by atoms with E-state index in [2.05, 4.69) is 4.98 Å². The maximum absolute atomic E-state index is 11.2. The van der Waals surface area contributed by atoms with Crippen LogP contribution in [0.1, 0.15) is 12.8 Å². The van der Waals surface area contributed by atoms with Gasteiger partial charge in [0, 0.05) is 22.5 Å². The molecule has 1 aliphatic rings. The summed E-state index contributed by atoms with van der Waals surface area (Å²) < 4.78 is 0. The van der Waals surface area contributed by atoms with E-state index < -0.39 is 12.0 Å². The number of hydrogen-bond donors (Lipinski definition) is 1. The molecule has 2 heterocycles. The molecule has 4 nitrogen and oxygen atoms in total. The standard InChI is InChI=1S/C14H13ClN2O2S/c15-10-5-3-9(4-6-10)11-8-20-14(16-11)17-7-1-2-12(17)13(18)19/h3-6,8,12H,1-2,7H2,(H,18,19)/t12-/m0/s1. The van der Waals surface area contributed by atoms with Gasteiger partial charge in [0.2, 0.25) is 0 Å². The summed E-state index contributed by atoms with van der Waals surface area (Å²) in [5.74, 6) is -0.772. The molecule has 104 valence electrons. The second-order valence-corrected chi connectivity index (χ2v) is 5.98. The highest BCUT2D eigenvalue weighted by molar-refractivity contribution is 7.14. The summed E-state index contributed by atoms with van der Waals surface area (Å²) in [6.07, 6.45) is 1.58. The second-order valence-electron chi connectivity index (χ2n) is 4.71. The lowest BCUT2D eigenvalue weighted by Gasteiger charge is -2.19. The number of carbonyl (C=O) groups is 1. The molecule has 0 unspecified atom stereocenters. The molecule has 0 aliphatic carbocycles. The molecule has 1 aliphatic heterocycles. The predicted molar refractivity (Wildman–Crippen MR) is 80.6 cm³/mol. The van der Waals surface area contributed by atoms with Crippen molar-refractivity contribution < 1.29 is 9.90 Å². The third-order valence-corrected chi connectivity index (χ3v) is 4.55. The number of anilines is 1. The Morgan fingerprint density at radius 3 is 2.85 bits per heavy atom. The highest BCUT2D eigenvalue weighted by atomic mass is 35.5. The zero-order chi connectivity index (χ0) is 14.1. The van der Waals surface area contributed by atoms with E-state index in [1.807, 2.05) is 34.5 Å². The summed E-state index contributed by atoms with van der Waals surface area (Å²) in [7, 11) is 0. The molecule has 6 heteroatoms. The van der Waals surface area contributed by atoms with Crippen LogP contribution >= 0.6 is 22.9 Å². The Kier molecular flexibility index (Phi) is 3.63. The molecule has 1 saturated heterocycles. The van der Waals surface area contributed by atoms with Crippen LogP contribution in [0.3, 0.4) is 0 Å². The van der Waals surface area contributed by atoms with Gasteiger partial charge < -0.3 is 10.0 Å². The number of halogens is 1. The SMILES string of the molecule is O=C(O)[C@@H]1CCCN1c1nc(-c2ccc(Cl)cc2)cs1. The van der Waals surface area contributed by atoms with Crippen LogP contribution in [0.4, 0.5) is 5.13 Å². The molecule has 0 radical (unpaired) electrons. The maximum atomic E-state index is 11.2. The predicted octanol–water partition coefficient (Wildman–Crippen LogP) is 3.52. The van der Waals surface area contributed by atoms with Crippen LogP contribution in [0.25, 0.3) is 11.3 Å². The van der Waals surface area contributed by atoms with Crippen LogP contribution < -0.4 is 4.90 Å². The number of nitrogens with zero attached hydrogens (tertiary/aromatic N) is 2. The molecule has 1 aromatic heterocycles. The highest BCUT2D eigenvalue weighted by Crippen LogP contribution is 2.32. The normalized spacial score (nSPS) is 18.4. The van der Waals surface area contributed by atoms with Gasteiger partial charge in [0.15, 0.2) is 5.13 Å². The first-order valence-electron chi connectivity index (χ1n) is 6.36. The van der Waals surface area contributed by atoms with Crippen LogP contribution in [0, 0.1) is 0 Å². The van der Waals surface area contributed by atoms with Gasteiger partial charge in [-0.2, -0.15) is 0 Å². The smallest absolute Gasteiger partial charge is 0.326 e. The fourth-order valence-corrected chi connectivity index (χ4v) is 3.44. The van der Waals surface area contributed by atoms with Crippen LogP contribution in [-0.4, -0.2) is 28.6 Å².